The van der Waals surface area contributed by atoms with Crippen LogP contribution in [0.3, 0.4) is 0 Å². The Balaban J connectivity index is 1.57. The zero-order chi connectivity index (χ0) is 26.0. The molecule has 1 heterocycles. The molecule has 0 radical (unpaired) electrons. The van der Waals surface area contributed by atoms with Crippen molar-refractivity contribution in [3.8, 4) is 11.5 Å². The van der Waals surface area contributed by atoms with Crippen LogP contribution in [0.2, 0.25) is 10.0 Å². The highest BCUT2D eigenvalue weighted by atomic mass is 35.5. The fourth-order valence-electron chi connectivity index (χ4n) is 4.17. The van der Waals surface area contributed by atoms with E-state index in [0.717, 1.165) is 23.7 Å². The maximum atomic E-state index is 14.1. The fraction of sp³-hybridized carbons (Fsp3) is 0.333. The van der Waals surface area contributed by atoms with E-state index >= 15 is 0 Å². The van der Waals surface area contributed by atoms with Crippen LogP contribution in [0.15, 0.2) is 47.5 Å². The van der Waals surface area contributed by atoms with Gasteiger partial charge in [-0.3, -0.25) is 9.48 Å². The molecule has 192 valence electrons. The minimum atomic E-state index is -3.96. The molecule has 1 aliphatic carbocycles. The second-order valence-electron chi connectivity index (χ2n) is 8.21. The molecule has 1 aliphatic rings. The number of hydrogen-bond donors (Lipinski definition) is 0. The van der Waals surface area contributed by atoms with Crippen LogP contribution >= 0.6 is 23.2 Å². The largest absolute Gasteiger partial charge is 0.465 e. The lowest BCUT2D eigenvalue weighted by atomic mass is 9.93. The Morgan fingerprint density at radius 2 is 1.97 bits per heavy atom. The Hall–Kier alpha value is -2.66. The number of aromatic nitrogens is 2. The van der Waals surface area contributed by atoms with Gasteiger partial charge < -0.3 is 9.47 Å². The number of benzene rings is 2. The molecule has 0 N–H and O–H groups in total. The van der Waals surface area contributed by atoms with Crippen LogP contribution < -0.4 is 4.74 Å². The van der Waals surface area contributed by atoms with Crippen LogP contribution in [-0.2, 0) is 32.5 Å². The van der Waals surface area contributed by atoms with Crippen molar-refractivity contribution in [2.45, 2.75) is 43.7 Å². The van der Waals surface area contributed by atoms with Crippen LogP contribution in [0.1, 0.15) is 37.1 Å². The Morgan fingerprint density at radius 3 is 2.67 bits per heavy atom. The van der Waals surface area contributed by atoms with Crippen molar-refractivity contribution in [2.24, 2.45) is 0 Å². The van der Waals surface area contributed by atoms with Crippen molar-refractivity contribution < 1.29 is 27.1 Å². The van der Waals surface area contributed by atoms with E-state index in [0.29, 0.717) is 12.8 Å². The molecule has 3 aromatic rings. The first-order valence-electron chi connectivity index (χ1n) is 11.2. The lowest BCUT2D eigenvalue weighted by Gasteiger charge is -2.31. The molecule has 0 spiro atoms. The van der Waals surface area contributed by atoms with E-state index < -0.39 is 27.9 Å². The van der Waals surface area contributed by atoms with Gasteiger partial charge in [-0.05, 0) is 62.6 Å². The summed E-state index contributed by atoms with van der Waals surface area (Å²) in [6.07, 6.45) is 3.61. The molecule has 1 atom stereocenters. The molecule has 0 bridgehead atoms. The lowest BCUT2D eigenvalue weighted by Crippen LogP contribution is -2.33. The van der Waals surface area contributed by atoms with E-state index in [4.69, 9.17) is 32.7 Å². The van der Waals surface area contributed by atoms with Crippen molar-refractivity contribution in [2.75, 3.05) is 13.7 Å². The molecule has 0 saturated heterocycles. The van der Waals surface area contributed by atoms with Crippen LogP contribution in [0.25, 0.3) is 0 Å². The van der Waals surface area contributed by atoms with Crippen molar-refractivity contribution in [1.29, 1.82) is 0 Å². The Labute approximate surface area is 218 Å². The number of halogens is 3. The number of fused-ring (bicyclic) bond motifs is 1. The summed E-state index contributed by atoms with van der Waals surface area (Å²) in [7, 11) is -2.46. The number of esters is 1. The molecular weight excluding hydrogens is 532 g/mol. The van der Waals surface area contributed by atoms with E-state index in [1.165, 1.54) is 41.7 Å². The van der Waals surface area contributed by atoms with E-state index in [1.54, 1.807) is 17.8 Å². The summed E-state index contributed by atoms with van der Waals surface area (Å²) in [6.45, 7) is 1.97. The molecule has 0 aliphatic heterocycles. The molecule has 0 amide bonds. The van der Waals surface area contributed by atoms with E-state index in [-0.39, 0.29) is 39.6 Å². The highest BCUT2D eigenvalue weighted by Crippen LogP contribution is 2.38. The van der Waals surface area contributed by atoms with E-state index in [1.807, 2.05) is 0 Å². The maximum absolute atomic E-state index is 14.1. The SMILES string of the molecule is CCOC(=O)Cn1ncc2c1CCCC2N(C)S(=O)(=O)c1ccc(Oc2ccc(Cl)cc2F)c(Cl)c1. The third-order valence-electron chi connectivity index (χ3n) is 5.95. The smallest absolute Gasteiger partial charge is 0.327 e. The van der Waals surface area contributed by atoms with Gasteiger partial charge in [-0.1, -0.05) is 23.2 Å². The predicted octanol–water partition coefficient (Wildman–Crippen LogP) is 5.38. The normalized spacial score (nSPS) is 15.6. The summed E-state index contributed by atoms with van der Waals surface area (Å²) in [4.78, 5) is 11.9. The molecule has 1 aromatic heterocycles. The second-order valence-corrected chi connectivity index (χ2v) is 11.0. The quantitative estimate of drug-likeness (QED) is 0.346. The highest BCUT2D eigenvalue weighted by Gasteiger charge is 2.34. The third-order valence-corrected chi connectivity index (χ3v) is 8.34. The highest BCUT2D eigenvalue weighted by molar-refractivity contribution is 7.89. The van der Waals surface area contributed by atoms with Crippen molar-refractivity contribution in [1.82, 2.24) is 14.1 Å². The van der Waals surface area contributed by atoms with Crippen LogP contribution in [-0.4, -0.2) is 42.1 Å². The fourth-order valence-corrected chi connectivity index (χ4v) is 6.01. The standard InChI is InChI=1S/C24H24Cl2FN3O5S/c1-3-34-24(31)14-30-21-6-4-5-20(17(21)13-28-30)29(2)36(32,33)16-8-10-22(18(26)12-16)35-23-9-7-15(25)11-19(23)27/h7-13,20H,3-6,14H2,1-2H3. The van der Waals surface area contributed by atoms with Gasteiger partial charge in [0.15, 0.2) is 11.6 Å². The Morgan fingerprint density at radius 1 is 1.22 bits per heavy atom. The molecule has 0 fully saturated rings. The second kappa shape index (κ2) is 10.8. The summed E-state index contributed by atoms with van der Waals surface area (Å²) < 4.78 is 54.4. The van der Waals surface area contributed by atoms with Crippen molar-refractivity contribution in [3.63, 3.8) is 0 Å². The summed E-state index contributed by atoms with van der Waals surface area (Å²) in [6, 6.07) is 7.46. The number of ether oxygens (including phenoxy) is 2. The molecule has 1 unspecified atom stereocenters. The molecule has 36 heavy (non-hydrogen) atoms. The first-order valence-corrected chi connectivity index (χ1v) is 13.4. The number of nitrogens with zero attached hydrogens (tertiary/aromatic N) is 3. The first-order chi connectivity index (χ1) is 17.1. The van der Waals surface area contributed by atoms with Gasteiger partial charge in [0.1, 0.15) is 12.3 Å². The van der Waals surface area contributed by atoms with Gasteiger partial charge in [0, 0.05) is 23.3 Å². The zero-order valence-electron chi connectivity index (χ0n) is 19.6. The molecule has 12 heteroatoms. The number of sulfonamides is 1. The molecule has 4 rings (SSSR count). The van der Waals surface area contributed by atoms with Gasteiger partial charge in [0.05, 0.1) is 28.8 Å². The van der Waals surface area contributed by atoms with Crippen LogP contribution in [0, 0.1) is 5.82 Å². The molecule has 8 nitrogen and oxygen atoms in total. The van der Waals surface area contributed by atoms with Gasteiger partial charge in [0.25, 0.3) is 0 Å². The van der Waals surface area contributed by atoms with E-state index in [9.17, 15) is 17.6 Å². The summed E-state index contributed by atoms with van der Waals surface area (Å²) in [5.41, 5.74) is 1.56. The average molecular weight is 556 g/mol. The molecule has 0 saturated carbocycles. The van der Waals surface area contributed by atoms with Crippen LogP contribution in [0.5, 0.6) is 11.5 Å². The number of carbonyl (C=O) groups excluding carboxylic acids is 1. The molecule has 2 aromatic carbocycles. The minimum Gasteiger partial charge on any atom is -0.465 e. The number of rotatable bonds is 8. The Bertz CT molecular complexity index is 1400. The number of carbonyl (C=O) groups is 1. The monoisotopic (exact) mass is 555 g/mol. The predicted molar refractivity (Wildman–Crippen MR) is 132 cm³/mol. The van der Waals surface area contributed by atoms with Crippen molar-refractivity contribution in [3.05, 3.63) is 69.7 Å². The lowest BCUT2D eigenvalue weighted by molar-refractivity contribution is -0.144. The van der Waals surface area contributed by atoms with Gasteiger partial charge in [-0.25, -0.2) is 12.8 Å². The van der Waals surface area contributed by atoms with Gasteiger partial charge in [0.2, 0.25) is 10.0 Å². The Kier molecular flexibility index (Phi) is 7.89. The first kappa shape index (κ1) is 26.4. The minimum absolute atomic E-state index is 0.00501. The summed E-state index contributed by atoms with van der Waals surface area (Å²) in [5, 5.41) is 4.52. The van der Waals surface area contributed by atoms with Crippen molar-refractivity contribution >= 4 is 39.2 Å². The topological polar surface area (TPSA) is 90.7 Å². The summed E-state index contributed by atoms with van der Waals surface area (Å²) in [5.74, 6) is -1.07. The maximum Gasteiger partial charge on any atom is 0.327 e. The number of hydrogen-bond acceptors (Lipinski definition) is 6. The van der Waals surface area contributed by atoms with Gasteiger partial charge in [-0.15, -0.1) is 0 Å². The zero-order valence-corrected chi connectivity index (χ0v) is 21.9. The van der Waals surface area contributed by atoms with E-state index in [2.05, 4.69) is 5.10 Å². The summed E-state index contributed by atoms with van der Waals surface area (Å²) >= 11 is 12.1. The average Bonchev–Trinajstić information content (AvgIpc) is 3.24. The van der Waals surface area contributed by atoms with Gasteiger partial charge >= 0.3 is 5.97 Å². The third kappa shape index (κ3) is 5.36. The van der Waals surface area contributed by atoms with Crippen LogP contribution in [0.4, 0.5) is 4.39 Å². The van der Waals surface area contributed by atoms with Gasteiger partial charge in [-0.2, -0.15) is 9.40 Å². The molecular formula is C24H24Cl2FN3O5S.